The average Bonchev–Trinajstić information content (AvgIpc) is 2.53. The quantitative estimate of drug-likeness (QED) is 0.708. The van der Waals surface area contributed by atoms with Crippen LogP contribution in [0.15, 0.2) is 18.2 Å². The molecule has 0 spiro atoms. The van der Waals surface area contributed by atoms with Crippen LogP contribution in [0.1, 0.15) is 50.4 Å². The molecular weight excluding hydrogens is 278 g/mol. The van der Waals surface area contributed by atoms with E-state index in [1.54, 1.807) is 12.1 Å². The highest BCUT2D eigenvalue weighted by Crippen LogP contribution is 2.30. The number of benzene rings is 1. The molecule has 0 saturated carbocycles. The molecule has 120 valence electrons. The summed E-state index contributed by atoms with van der Waals surface area (Å²) < 4.78 is 0. The molecule has 0 saturated heterocycles. The zero-order valence-corrected chi connectivity index (χ0v) is 13.5. The maximum Gasteiger partial charge on any atom is 0.251 e. The summed E-state index contributed by atoms with van der Waals surface area (Å²) in [5, 5.41) is 9.06. The standard InChI is InChI=1S/C17H25N3O2/c1-4-6-9-18-16(21)12-7-8-13-14(10-12)20-17(22)15(19-13)11(3)5-2/h7-8,10-11,15,19H,4-6,9H2,1-3H3,(H,18,21)(H,20,22)/t11-,15-/m0/s1. The van der Waals surface area contributed by atoms with Gasteiger partial charge in [0.2, 0.25) is 5.91 Å². The summed E-state index contributed by atoms with van der Waals surface area (Å²) in [5.41, 5.74) is 2.11. The average molecular weight is 303 g/mol. The highest BCUT2D eigenvalue weighted by atomic mass is 16.2. The molecule has 3 N–H and O–H groups in total. The molecule has 2 rings (SSSR count). The van der Waals surface area contributed by atoms with Crippen LogP contribution in [0, 0.1) is 5.92 Å². The summed E-state index contributed by atoms with van der Waals surface area (Å²) in [5.74, 6) is 0.116. The molecule has 1 aliphatic rings. The number of anilines is 2. The van der Waals surface area contributed by atoms with Crippen molar-refractivity contribution in [3.05, 3.63) is 23.8 Å². The molecule has 22 heavy (non-hydrogen) atoms. The van der Waals surface area contributed by atoms with E-state index in [1.807, 2.05) is 6.07 Å². The van der Waals surface area contributed by atoms with Crippen LogP contribution in [0.3, 0.4) is 0 Å². The van der Waals surface area contributed by atoms with Crippen LogP contribution < -0.4 is 16.0 Å². The second-order valence-corrected chi connectivity index (χ2v) is 5.87. The van der Waals surface area contributed by atoms with Crippen molar-refractivity contribution < 1.29 is 9.59 Å². The molecule has 1 aromatic carbocycles. The summed E-state index contributed by atoms with van der Waals surface area (Å²) in [6.07, 6.45) is 2.94. The second-order valence-electron chi connectivity index (χ2n) is 5.87. The SMILES string of the molecule is CCCCNC(=O)c1ccc2c(c1)NC(=O)[C@H]([C@@H](C)CC)N2. The maximum absolute atomic E-state index is 12.2. The lowest BCUT2D eigenvalue weighted by atomic mass is 9.95. The molecule has 2 amide bonds. The zero-order chi connectivity index (χ0) is 16.1. The highest BCUT2D eigenvalue weighted by molar-refractivity contribution is 6.05. The van der Waals surface area contributed by atoms with Gasteiger partial charge in [-0.2, -0.15) is 0 Å². The summed E-state index contributed by atoms with van der Waals surface area (Å²) in [6.45, 7) is 6.88. The Labute approximate surface area is 131 Å². The fraction of sp³-hybridized carbons (Fsp3) is 0.529. The minimum atomic E-state index is -0.221. The van der Waals surface area contributed by atoms with Gasteiger partial charge >= 0.3 is 0 Å². The lowest BCUT2D eigenvalue weighted by Crippen LogP contribution is -2.43. The summed E-state index contributed by atoms with van der Waals surface area (Å²) in [6, 6.07) is 5.16. The Balaban J connectivity index is 2.11. The Hall–Kier alpha value is -2.04. The van der Waals surface area contributed by atoms with Crippen molar-refractivity contribution in [3.63, 3.8) is 0 Å². The van der Waals surface area contributed by atoms with E-state index in [4.69, 9.17) is 0 Å². The fourth-order valence-corrected chi connectivity index (χ4v) is 2.48. The predicted molar refractivity (Wildman–Crippen MR) is 89.2 cm³/mol. The van der Waals surface area contributed by atoms with Crippen molar-refractivity contribution in [3.8, 4) is 0 Å². The van der Waals surface area contributed by atoms with Crippen LogP contribution >= 0.6 is 0 Å². The molecule has 1 heterocycles. The topological polar surface area (TPSA) is 70.2 Å². The van der Waals surface area contributed by atoms with E-state index in [-0.39, 0.29) is 23.8 Å². The maximum atomic E-state index is 12.2. The van der Waals surface area contributed by atoms with Crippen molar-refractivity contribution in [2.24, 2.45) is 5.92 Å². The molecule has 0 fully saturated rings. The van der Waals surface area contributed by atoms with Crippen LogP contribution in [0.4, 0.5) is 11.4 Å². The van der Waals surface area contributed by atoms with E-state index in [0.717, 1.165) is 24.9 Å². The van der Waals surface area contributed by atoms with E-state index in [0.29, 0.717) is 17.8 Å². The van der Waals surface area contributed by atoms with Gasteiger partial charge in [0.05, 0.1) is 11.4 Å². The molecule has 5 heteroatoms. The lowest BCUT2D eigenvalue weighted by Gasteiger charge is -2.30. The highest BCUT2D eigenvalue weighted by Gasteiger charge is 2.29. The first kappa shape index (κ1) is 16.3. The largest absolute Gasteiger partial charge is 0.372 e. The van der Waals surface area contributed by atoms with Gasteiger partial charge in [-0.15, -0.1) is 0 Å². The molecule has 1 aromatic rings. The number of nitrogens with one attached hydrogen (secondary N) is 3. The first-order chi connectivity index (χ1) is 10.6. The second kappa shape index (κ2) is 7.29. The van der Waals surface area contributed by atoms with Gasteiger partial charge < -0.3 is 16.0 Å². The third-order valence-corrected chi connectivity index (χ3v) is 4.16. The van der Waals surface area contributed by atoms with Crippen molar-refractivity contribution >= 4 is 23.2 Å². The Morgan fingerprint density at radius 3 is 2.77 bits per heavy atom. The number of unbranched alkanes of at least 4 members (excludes halogenated alkanes) is 1. The first-order valence-corrected chi connectivity index (χ1v) is 8.06. The monoisotopic (exact) mass is 303 g/mol. The van der Waals surface area contributed by atoms with Crippen molar-refractivity contribution in [1.82, 2.24) is 5.32 Å². The number of hydrogen-bond donors (Lipinski definition) is 3. The van der Waals surface area contributed by atoms with Gasteiger partial charge in [0.15, 0.2) is 0 Å². The molecule has 2 atom stereocenters. The van der Waals surface area contributed by atoms with Gasteiger partial charge in [0.1, 0.15) is 6.04 Å². The number of fused-ring (bicyclic) bond motifs is 1. The van der Waals surface area contributed by atoms with E-state index < -0.39 is 0 Å². The lowest BCUT2D eigenvalue weighted by molar-refractivity contribution is -0.118. The van der Waals surface area contributed by atoms with Gasteiger partial charge in [-0.3, -0.25) is 9.59 Å². The first-order valence-electron chi connectivity index (χ1n) is 8.06. The minimum Gasteiger partial charge on any atom is -0.372 e. The molecule has 5 nitrogen and oxygen atoms in total. The molecule has 1 aliphatic heterocycles. The van der Waals surface area contributed by atoms with E-state index in [9.17, 15) is 9.59 Å². The predicted octanol–water partition coefficient (Wildman–Crippen LogP) is 3.00. The van der Waals surface area contributed by atoms with Gasteiger partial charge in [-0.1, -0.05) is 33.6 Å². The normalized spacial score (nSPS) is 18.0. The van der Waals surface area contributed by atoms with E-state index >= 15 is 0 Å². The molecule has 0 unspecified atom stereocenters. The fourth-order valence-electron chi connectivity index (χ4n) is 2.48. The summed E-state index contributed by atoms with van der Waals surface area (Å²) in [4.78, 5) is 24.2. The number of carbonyl (C=O) groups excluding carboxylic acids is 2. The van der Waals surface area contributed by atoms with Crippen molar-refractivity contribution in [2.45, 2.75) is 46.1 Å². The summed E-state index contributed by atoms with van der Waals surface area (Å²) >= 11 is 0. The van der Waals surface area contributed by atoms with Crippen LogP contribution in [-0.4, -0.2) is 24.4 Å². The minimum absolute atomic E-state index is 0.0367. The third-order valence-electron chi connectivity index (χ3n) is 4.16. The molecule has 0 radical (unpaired) electrons. The third kappa shape index (κ3) is 3.59. The van der Waals surface area contributed by atoms with E-state index in [1.165, 1.54) is 0 Å². The van der Waals surface area contributed by atoms with Gasteiger partial charge in [0.25, 0.3) is 5.91 Å². The number of rotatable bonds is 6. The number of hydrogen-bond acceptors (Lipinski definition) is 3. The van der Waals surface area contributed by atoms with Gasteiger partial charge in [-0.25, -0.2) is 0 Å². The Kier molecular flexibility index (Phi) is 5.41. The zero-order valence-electron chi connectivity index (χ0n) is 13.5. The Bertz CT molecular complexity index is 557. The number of amides is 2. The van der Waals surface area contributed by atoms with Crippen LogP contribution in [0.25, 0.3) is 0 Å². The smallest absolute Gasteiger partial charge is 0.251 e. The van der Waals surface area contributed by atoms with Crippen molar-refractivity contribution in [2.75, 3.05) is 17.2 Å². The Morgan fingerprint density at radius 2 is 2.09 bits per heavy atom. The molecule has 0 bridgehead atoms. The van der Waals surface area contributed by atoms with Crippen LogP contribution in [0.2, 0.25) is 0 Å². The van der Waals surface area contributed by atoms with Crippen LogP contribution in [0.5, 0.6) is 0 Å². The summed E-state index contributed by atoms with van der Waals surface area (Å²) in [7, 11) is 0. The van der Waals surface area contributed by atoms with E-state index in [2.05, 4.69) is 36.7 Å². The molecule has 0 aliphatic carbocycles. The molecular formula is C17H25N3O2. The van der Waals surface area contributed by atoms with Crippen molar-refractivity contribution in [1.29, 1.82) is 0 Å². The van der Waals surface area contributed by atoms with Gasteiger partial charge in [-0.05, 0) is 30.5 Å². The Morgan fingerprint density at radius 1 is 1.32 bits per heavy atom. The molecule has 0 aromatic heterocycles. The van der Waals surface area contributed by atoms with Crippen LogP contribution in [-0.2, 0) is 4.79 Å². The number of carbonyl (C=O) groups is 2. The van der Waals surface area contributed by atoms with Gasteiger partial charge in [0, 0.05) is 12.1 Å².